The molecule has 0 saturated carbocycles. The molecule has 0 aliphatic heterocycles. The van der Waals surface area contributed by atoms with Gasteiger partial charge in [-0.25, -0.2) is 8.42 Å². The van der Waals surface area contributed by atoms with E-state index in [1.807, 2.05) is 67.6 Å². The van der Waals surface area contributed by atoms with Gasteiger partial charge in [0.25, 0.3) is 0 Å². The lowest BCUT2D eigenvalue weighted by atomic mass is 10.0. The van der Waals surface area contributed by atoms with Gasteiger partial charge in [0, 0.05) is 24.5 Å². The van der Waals surface area contributed by atoms with E-state index < -0.39 is 28.5 Å². The first-order valence-electron chi connectivity index (χ1n) is 12.2. The Kier molecular flexibility index (Phi) is 10.6. The number of halogens is 2. The summed E-state index contributed by atoms with van der Waals surface area (Å²) in [6.45, 7) is 1.94. The number of rotatable bonds is 12. The molecule has 0 spiro atoms. The molecule has 202 valence electrons. The Morgan fingerprint density at radius 3 is 2.11 bits per heavy atom. The molecule has 0 unspecified atom stereocenters. The second kappa shape index (κ2) is 13.6. The van der Waals surface area contributed by atoms with Gasteiger partial charge in [-0.2, -0.15) is 0 Å². The van der Waals surface area contributed by atoms with Gasteiger partial charge in [-0.05, 0) is 35.7 Å². The third-order valence-electron chi connectivity index (χ3n) is 5.87. The molecule has 3 aromatic carbocycles. The molecule has 1 atom stereocenters. The zero-order valence-corrected chi connectivity index (χ0v) is 23.6. The minimum Gasteiger partial charge on any atom is -0.354 e. The van der Waals surface area contributed by atoms with Gasteiger partial charge >= 0.3 is 0 Å². The summed E-state index contributed by atoms with van der Waals surface area (Å²) in [7, 11) is -3.94. The monoisotopic (exact) mass is 575 g/mol. The molecule has 38 heavy (non-hydrogen) atoms. The van der Waals surface area contributed by atoms with Gasteiger partial charge in [0.15, 0.2) is 0 Å². The maximum absolute atomic E-state index is 13.9. The van der Waals surface area contributed by atoms with Crippen molar-refractivity contribution in [1.82, 2.24) is 10.2 Å². The van der Waals surface area contributed by atoms with Gasteiger partial charge in [-0.3, -0.25) is 13.9 Å². The van der Waals surface area contributed by atoms with Crippen molar-refractivity contribution >= 4 is 50.7 Å². The lowest BCUT2D eigenvalue weighted by molar-refractivity contribution is -0.140. The van der Waals surface area contributed by atoms with Crippen molar-refractivity contribution in [3.8, 4) is 0 Å². The van der Waals surface area contributed by atoms with E-state index in [0.29, 0.717) is 6.54 Å². The minimum atomic E-state index is -3.94. The number of carbonyl (C=O) groups is 2. The SMILES string of the molecule is CCCNC(=O)[C@H](Cc1ccccc1)N(Cc1ccccc1)C(=O)CN(c1cc(Cl)ccc1Cl)S(C)(=O)=O. The molecule has 3 rings (SSSR count). The highest BCUT2D eigenvalue weighted by atomic mass is 35.5. The van der Waals surface area contributed by atoms with Gasteiger partial charge in [-0.1, -0.05) is 90.8 Å². The van der Waals surface area contributed by atoms with Gasteiger partial charge in [0.05, 0.1) is 17.0 Å². The van der Waals surface area contributed by atoms with E-state index in [9.17, 15) is 18.0 Å². The van der Waals surface area contributed by atoms with Crippen LogP contribution in [0.25, 0.3) is 0 Å². The zero-order valence-electron chi connectivity index (χ0n) is 21.3. The van der Waals surface area contributed by atoms with Gasteiger partial charge in [0.2, 0.25) is 21.8 Å². The molecule has 0 aliphatic carbocycles. The predicted molar refractivity (Wildman–Crippen MR) is 153 cm³/mol. The third kappa shape index (κ3) is 8.21. The molecule has 0 fully saturated rings. The Balaban J connectivity index is 2.04. The summed E-state index contributed by atoms with van der Waals surface area (Å²) >= 11 is 12.4. The summed E-state index contributed by atoms with van der Waals surface area (Å²) in [5, 5.41) is 3.30. The van der Waals surface area contributed by atoms with Crippen molar-refractivity contribution in [3.63, 3.8) is 0 Å². The predicted octanol–water partition coefficient (Wildman–Crippen LogP) is 4.93. The number of anilines is 1. The van der Waals surface area contributed by atoms with Gasteiger partial charge in [-0.15, -0.1) is 0 Å². The van der Waals surface area contributed by atoms with Crippen LogP contribution in [0.5, 0.6) is 0 Å². The van der Waals surface area contributed by atoms with Crippen molar-refractivity contribution in [3.05, 3.63) is 100 Å². The maximum Gasteiger partial charge on any atom is 0.244 e. The number of hydrogen-bond acceptors (Lipinski definition) is 4. The third-order valence-corrected chi connectivity index (χ3v) is 7.55. The number of nitrogens with zero attached hydrogens (tertiary/aromatic N) is 2. The molecular weight excluding hydrogens is 545 g/mol. The largest absolute Gasteiger partial charge is 0.354 e. The molecule has 10 heteroatoms. The normalized spacial score (nSPS) is 12.0. The Morgan fingerprint density at radius 2 is 1.53 bits per heavy atom. The molecule has 3 aromatic rings. The van der Waals surface area contributed by atoms with Crippen molar-refractivity contribution < 1.29 is 18.0 Å². The number of benzene rings is 3. The van der Waals surface area contributed by atoms with E-state index in [0.717, 1.165) is 28.1 Å². The molecule has 0 heterocycles. The second-order valence-electron chi connectivity index (χ2n) is 8.87. The van der Waals surface area contributed by atoms with Gasteiger partial charge in [0.1, 0.15) is 12.6 Å². The summed E-state index contributed by atoms with van der Waals surface area (Å²) in [5.41, 5.74) is 1.76. The fourth-order valence-electron chi connectivity index (χ4n) is 3.97. The molecule has 0 radical (unpaired) electrons. The number of sulfonamides is 1. The zero-order chi connectivity index (χ0) is 27.7. The average molecular weight is 577 g/mol. The smallest absolute Gasteiger partial charge is 0.244 e. The first-order valence-corrected chi connectivity index (χ1v) is 14.8. The molecule has 0 aromatic heterocycles. The fraction of sp³-hybridized carbons (Fsp3) is 0.286. The van der Waals surface area contributed by atoms with Crippen molar-refractivity contribution in [2.75, 3.05) is 23.7 Å². The van der Waals surface area contributed by atoms with Crippen molar-refractivity contribution in [2.24, 2.45) is 0 Å². The van der Waals surface area contributed by atoms with Crippen LogP contribution >= 0.6 is 23.2 Å². The van der Waals surface area contributed by atoms with E-state index in [1.165, 1.54) is 23.1 Å². The lowest BCUT2D eigenvalue weighted by Crippen LogP contribution is -2.53. The standard InChI is InChI=1S/C28H31Cl2N3O4S/c1-3-16-31-28(35)26(17-21-10-6-4-7-11-21)32(19-22-12-8-5-9-13-22)27(34)20-33(38(2,36)37)25-18-23(29)14-15-24(25)30/h4-15,18,26H,3,16-17,19-20H2,1-2H3,(H,31,35)/t26-/m0/s1. The van der Waals surface area contributed by atoms with E-state index >= 15 is 0 Å². The number of carbonyl (C=O) groups excluding carboxylic acids is 2. The first-order chi connectivity index (χ1) is 18.1. The van der Waals surface area contributed by atoms with Crippen LogP contribution in [0.2, 0.25) is 10.0 Å². The average Bonchev–Trinajstić information content (AvgIpc) is 2.89. The second-order valence-corrected chi connectivity index (χ2v) is 11.6. The molecule has 1 N–H and O–H groups in total. The Labute approximate surface area is 234 Å². The van der Waals surface area contributed by atoms with Crippen LogP contribution in [0.1, 0.15) is 24.5 Å². The van der Waals surface area contributed by atoms with Crippen molar-refractivity contribution in [1.29, 1.82) is 0 Å². The topological polar surface area (TPSA) is 86.8 Å². The summed E-state index contributed by atoms with van der Waals surface area (Å²) in [6.07, 6.45) is 1.98. The molecule has 7 nitrogen and oxygen atoms in total. The van der Waals surface area contributed by atoms with E-state index in [4.69, 9.17) is 23.2 Å². The quantitative estimate of drug-likeness (QED) is 0.332. The minimum absolute atomic E-state index is 0.0877. The highest BCUT2D eigenvalue weighted by molar-refractivity contribution is 7.92. The summed E-state index contributed by atoms with van der Waals surface area (Å²) in [4.78, 5) is 28.8. The van der Waals surface area contributed by atoms with Crippen LogP contribution in [-0.4, -0.2) is 50.5 Å². The van der Waals surface area contributed by atoms with Crippen LogP contribution in [0.15, 0.2) is 78.9 Å². The van der Waals surface area contributed by atoms with E-state index in [2.05, 4.69) is 5.32 Å². The van der Waals surface area contributed by atoms with Gasteiger partial charge < -0.3 is 10.2 Å². The number of amides is 2. The maximum atomic E-state index is 13.9. The fourth-order valence-corrected chi connectivity index (χ4v) is 5.26. The van der Waals surface area contributed by atoms with Crippen LogP contribution in [-0.2, 0) is 32.6 Å². The lowest BCUT2D eigenvalue weighted by Gasteiger charge is -2.33. The molecule has 0 bridgehead atoms. The van der Waals surface area contributed by atoms with E-state index in [-0.39, 0.29) is 34.6 Å². The summed E-state index contributed by atoms with van der Waals surface area (Å²) in [5.74, 6) is -0.866. The van der Waals surface area contributed by atoms with Crippen LogP contribution in [0.3, 0.4) is 0 Å². The Morgan fingerprint density at radius 1 is 0.921 bits per heavy atom. The Hall–Kier alpha value is -3.07. The van der Waals surface area contributed by atoms with E-state index in [1.54, 1.807) is 0 Å². The number of hydrogen-bond donors (Lipinski definition) is 1. The number of nitrogens with one attached hydrogen (secondary N) is 1. The Bertz CT molecular complexity index is 1340. The van der Waals surface area contributed by atoms with Crippen LogP contribution < -0.4 is 9.62 Å². The highest BCUT2D eigenvalue weighted by Gasteiger charge is 2.33. The first kappa shape index (κ1) is 29.5. The molecule has 2 amide bonds. The van der Waals surface area contributed by atoms with Crippen LogP contribution in [0.4, 0.5) is 5.69 Å². The molecule has 0 saturated heterocycles. The molecular formula is C28H31Cl2N3O4S. The van der Waals surface area contributed by atoms with Crippen LogP contribution in [0, 0.1) is 0 Å². The summed E-state index contributed by atoms with van der Waals surface area (Å²) in [6, 6.07) is 22.2. The molecule has 0 aliphatic rings. The van der Waals surface area contributed by atoms with Crippen molar-refractivity contribution in [2.45, 2.75) is 32.4 Å². The summed E-state index contributed by atoms with van der Waals surface area (Å²) < 4.78 is 26.6. The highest BCUT2D eigenvalue weighted by Crippen LogP contribution is 2.31.